The lowest BCUT2D eigenvalue weighted by molar-refractivity contribution is 0.150. The van der Waals surface area contributed by atoms with Crippen LogP contribution in [0.5, 0.6) is 0 Å². The van der Waals surface area contributed by atoms with E-state index < -0.39 is 27.1 Å². The van der Waals surface area contributed by atoms with E-state index in [0.717, 1.165) is 5.57 Å². The molecule has 2 aromatic heterocycles. The van der Waals surface area contributed by atoms with E-state index >= 15 is 0 Å². The van der Waals surface area contributed by atoms with E-state index in [2.05, 4.69) is 30.2 Å². The van der Waals surface area contributed by atoms with Gasteiger partial charge in [-0.25, -0.2) is 28.5 Å². The average Bonchev–Trinajstić information content (AvgIpc) is 3.18. The molecule has 1 aliphatic heterocycles. The molecule has 1 saturated carbocycles. The molecule has 2 unspecified atom stereocenters. The summed E-state index contributed by atoms with van der Waals surface area (Å²) in [5, 5.41) is 15.4. The van der Waals surface area contributed by atoms with Gasteiger partial charge < -0.3 is 5.32 Å². The van der Waals surface area contributed by atoms with Crippen molar-refractivity contribution in [1.29, 1.82) is 0 Å². The summed E-state index contributed by atoms with van der Waals surface area (Å²) < 4.78 is 56.6. The molecule has 34 heavy (non-hydrogen) atoms. The first kappa shape index (κ1) is 23.0. The third-order valence-corrected chi connectivity index (χ3v) is 8.31. The molecule has 5 rings (SSSR count). The normalized spacial score (nSPS) is 22.1. The molecule has 0 saturated heterocycles. The van der Waals surface area contributed by atoms with E-state index in [4.69, 9.17) is 6.57 Å². The third kappa shape index (κ3) is 4.11. The quantitative estimate of drug-likeness (QED) is 0.496. The molecular weight excluding hydrogens is 484 g/mol. The summed E-state index contributed by atoms with van der Waals surface area (Å²) in [5.41, 5.74) is 0.950. The Morgan fingerprint density at radius 3 is 2.71 bits per heavy atom. The van der Waals surface area contributed by atoms with Gasteiger partial charge in [0.1, 0.15) is 0 Å². The highest BCUT2D eigenvalue weighted by Crippen LogP contribution is 2.39. The lowest BCUT2D eigenvalue weighted by atomic mass is 9.92. The highest BCUT2D eigenvalue weighted by molar-refractivity contribution is 7.89. The molecule has 2 N–H and O–H groups in total. The van der Waals surface area contributed by atoms with Crippen LogP contribution in [0.15, 0.2) is 29.3 Å². The Morgan fingerprint density at radius 1 is 1.32 bits per heavy atom. The van der Waals surface area contributed by atoms with Gasteiger partial charge in [-0.15, -0.1) is 14.9 Å². The molecule has 13 heteroatoms. The predicted octanol–water partition coefficient (Wildman–Crippen LogP) is 3.66. The maximum Gasteiger partial charge on any atom is 0.299 e. The molecule has 2 aliphatic rings. The number of rotatable bonds is 6. The number of halogens is 2. The summed E-state index contributed by atoms with van der Waals surface area (Å²) in [6, 6.07) is 3.28. The number of hydrogen-bond acceptors (Lipinski definition) is 7. The summed E-state index contributed by atoms with van der Waals surface area (Å²) in [5.74, 6) is 0. The number of fused-ring (bicyclic) bond motifs is 1. The monoisotopic (exact) mass is 505 g/mol. The van der Waals surface area contributed by atoms with Crippen molar-refractivity contribution in [2.45, 2.75) is 62.2 Å². The average molecular weight is 506 g/mol. The Kier molecular flexibility index (Phi) is 5.51. The molecular formula is C21H21F2N7O2S2. The fourth-order valence-corrected chi connectivity index (χ4v) is 6.27. The van der Waals surface area contributed by atoms with E-state index in [1.54, 1.807) is 12.3 Å². The molecule has 0 bridgehead atoms. The first-order valence-electron chi connectivity index (χ1n) is 10.6. The van der Waals surface area contributed by atoms with Crippen LogP contribution in [-0.2, 0) is 10.0 Å². The van der Waals surface area contributed by atoms with Crippen LogP contribution in [0.3, 0.4) is 0 Å². The van der Waals surface area contributed by atoms with Crippen LogP contribution in [-0.4, -0.2) is 46.1 Å². The fraction of sp³-hybridized carbons (Fsp3) is 0.429. The number of nitrogens with zero attached hydrogens (tertiary/aromatic N) is 5. The summed E-state index contributed by atoms with van der Waals surface area (Å²) >= 11 is 0.692. The minimum Gasteiger partial charge on any atom is -0.308 e. The van der Waals surface area contributed by atoms with Gasteiger partial charge in [-0.2, -0.15) is 5.10 Å². The second-order valence-corrected chi connectivity index (χ2v) is 11.4. The zero-order valence-corrected chi connectivity index (χ0v) is 19.9. The zero-order valence-electron chi connectivity index (χ0n) is 18.3. The number of hydrogen-bond donors (Lipinski definition) is 2. The van der Waals surface area contributed by atoms with Crippen LogP contribution in [0.1, 0.15) is 50.1 Å². The van der Waals surface area contributed by atoms with E-state index in [-0.39, 0.29) is 22.1 Å². The summed E-state index contributed by atoms with van der Waals surface area (Å²) in [6.07, 6.45) is 2.43. The molecule has 0 radical (unpaired) electrons. The Balaban J connectivity index is 1.70. The van der Waals surface area contributed by atoms with Crippen molar-refractivity contribution in [3.63, 3.8) is 0 Å². The van der Waals surface area contributed by atoms with Crippen molar-refractivity contribution < 1.29 is 17.2 Å². The second-order valence-electron chi connectivity index (χ2n) is 8.68. The molecule has 2 atom stereocenters. The molecule has 1 fully saturated rings. The van der Waals surface area contributed by atoms with Crippen molar-refractivity contribution in [2.75, 3.05) is 0 Å². The van der Waals surface area contributed by atoms with Crippen molar-refractivity contribution in [3.8, 4) is 5.13 Å². The van der Waals surface area contributed by atoms with E-state index in [9.17, 15) is 17.2 Å². The van der Waals surface area contributed by atoms with E-state index in [0.29, 0.717) is 47.1 Å². The van der Waals surface area contributed by atoms with E-state index in [1.807, 2.05) is 19.9 Å². The van der Waals surface area contributed by atoms with Gasteiger partial charge in [-0.3, -0.25) is 4.85 Å². The Bertz CT molecular complexity index is 1450. The van der Waals surface area contributed by atoms with Crippen molar-refractivity contribution >= 4 is 37.8 Å². The van der Waals surface area contributed by atoms with Gasteiger partial charge in [0.2, 0.25) is 15.2 Å². The highest BCUT2D eigenvalue weighted by atomic mass is 32.2. The fourth-order valence-electron chi connectivity index (χ4n) is 4.19. The van der Waals surface area contributed by atoms with Gasteiger partial charge >= 0.3 is 0 Å². The molecule has 3 aromatic rings. The SMILES string of the molecule is [C-]#[N+]C1(NS(=O)(=O)c2cc(C3=CC(C)NC(C)C3)c3cnn(-c4nnc(C(F)F)s4)c3c2)CC1. The van der Waals surface area contributed by atoms with Crippen molar-refractivity contribution in [2.24, 2.45) is 0 Å². The number of alkyl halides is 2. The lowest BCUT2D eigenvalue weighted by Gasteiger charge is -2.26. The van der Waals surface area contributed by atoms with Gasteiger partial charge in [0.05, 0.1) is 29.5 Å². The topological polar surface area (TPSA) is 106 Å². The first-order valence-corrected chi connectivity index (χ1v) is 12.9. The minimum absolute atomic E-state index is 0.0231. The van der Waals surface area contributed by atoms with Crippen LogP contribution in [0.2, 0.25) is 0 Å². The summed E-state index contributed by atoms with van der Waals surface area (Å²) in [4.78, 5) is 3.42. The van der Waals surface area contributed by atoms with Crippen LogP contribution >= 0.6 is 11.3 Å². The molecule has 1 aromatic carbocycles. The van der Waals surface area contributed by atoms with Gasteiger partial charge in [-0.05, 0) is 43.5 Å². The van der Waals surface area contributed by atoms with Crippen LogP contribution in [0.25, 0.3) is 26.5 Å². The van der Waals surface area contributed by atoms with Crippen LogP contribution in [0, 0.1) is 6.57 Å². The van der Waals surface area contributed by atoms with E-state index in [1.165, 1.54) is 10.7 Å². The highest BCUT2D eigenvalue weighted by Gasteiger charge is 2.54. The lowest BCUT2D eigenvalue weighted by Crippen LogP contribution is -2.37. The standard InChI is InChI=1S/C21H21F2N7O2S2/c1-11-6-13(7-12(2)26-11)15-8-14(34(31,32)29-21(24-3)4-5-21)9-17-16(15)10-25-30(17)20-28-27-19(33-20)18(22)23/h6,8-12,18,26,29H,4-5,7H2,1-2H3. The maximum absolute atomic E-state index is 13.3. The molecule has 3 heterocycles. The van der Waals surface area contributed by atoms with Crippen molar-refractivity contribution in [3.05, 3.63) is 46.4 Å². The maximum atomic E-state index is 13.3. The van der Waals surface area contributed by atoms with Crippen molar-refractivity contribution in [1.82, 2.24) is 30.0 Å². The van der Waals surface area contributed by atoms with Crippen LogP contribution in [0.4, 0.5) is 8.78 Å². The van der Waals surface area contributed by atoms with Gasteiger partial charge in [0, 0.05) is 17.5 Å². The number of nitrogens with one attached hydrogen (secondary N) is 2. The third-order valence-electron chi connectivity index (χ3n) is 5.90. The molecule has 9 nitrogen and oxygen atoms in total. The van der Waals surface area contributed by atoms with Crippen LogP contribution < -0.4 is 10.0 Å². The molecule has 178 valence electrons. The van der Waals surface area contributed by atoms with Gasteiger partial charge in [0.25, 0.3) is 12.1 Å². The molecule has 1 aliphatic carbocycles. The molecule has 0 amide bonds. The first-order chi connectivity index (χ1) is 16.1. The van der Waals surface area contributed by atoms with Gasteiger partial charge in [-0.1, -0.05) is 17.4 Å². The minimum atomic E-state index is -4.03. The largest absolute Gasteiger partial charge is 0.308 e. The van der Waals surface area contributed by atoms with Gasteiger partial charge in [0.15, 0.2) is 5.01 Å². The smallest absolute Gasteiger partial charge is 0.299 e. The number of sulfonamides is 1. The summed E-state index contributed by atoms with van der Waals surface area (Å²) in [7, 11) is -4.03. The Hall–Kier alpha value is -2.79. The zero-order chi connectivity index (χ0) is 24.3. The number of aromatic nitrogens is 4. The Labute approximate surface area is 198 Å². The Morgan fingerprint density at radius 2 is 2.09 bits per heavy atom. The second kappa shape index (κ2) is 8.16. The summed E-state index contributed by atoms with van der Waals surface area (Å²) in [6.45, 7) is 11.4. The predicted molar refractivity (Wildman–Crippen MR) is 123 cm³/mol. The molecule has 0 spiro atoms. The number of benzene rings is 1.